The zero-order valence-corrected chi connectivity index (χ0v) is 15.5. The van der Waals surface area contributed by atoms with Crippen LogP contribution in [0.5, 0.6) is 0 Å². The van der Waals surface area contributed by atoms with Crippen LogP contribution >= 0.6 is 0 Å². The third-order valence-electron chi connectivity index (χ3n) is 4.94. The molecule has 25 heavy (non-hydrogen) atoms. The van der Waals surface area contributed by atoms with E-state index in [-0.39, 0.29) is 5.91 Å². The van der Waals surface area contributed by atoms with E-state index in [1.165, 1.54) is 11.1 Å². The largest absolute Gasteiger partial charge is 0.336 e. The number of aryl methyl sites for hydroxylation is 4. The van der Waals surface area contributed by atoms with Crippen molar-refractivity contribution in [1.29, 1.82) is 0 Å². The molecule has 130 valence electrons. The van der Waals surface area contributed by atoms with Gasteiger partial charge in [0.15, 0.2) is 0 Å². The number of anilines is 1. The molecule has 3 heteroatoms. The zero-order chi connectivity index (χ0) is 18.0. The molecule has 0 aliphatic carbocycles. The second kappa shape index (κ2) is 7.14. The number of hydrogen-bond acceptors (Lipinski definition) is 1. The number of nitrogens with one attached hydrogen (secondary N) is 1. The summed E-state index contributed by atoms with van der Waals surface area (Å²) < 4.78 is 2.17. The van der Waals surface area contributed by atoms with Crippen LogP contribution in [0.25, 0.3) is 10.9 Å². The number of rotatable bonds is 5. The number of aromatic nitrogens is 1. The number of fused-ring (bicyclic) bond motifs is 1. The molecule has 3 rings (SSSR count). The summed E-state index contributed by atoms with van der Waals surface area (Å²) in [7, 11) is 0. The molecule has 0 saturated carbocycles. The van der Waals surface area contributed by atoms with Crippen molar-refractivity contribution in [3.8, 4) is 0 Å². The van der Waals surface area contributed by atoms with Crippen LogP contribution in [-0.2, 0) is 6.54 Å². The van der Waals surface area contributed by atoms with Gasteiger partial charge in [0.25, 0.3) is 5.91 Å². The summed E-state index contributed by atoms with van der Waals surface area (Å²) in [6, 6.07) is 14.3. The predicted molar refractivity (Wildman–Crippen MR) is 105 cm³/mol. The number of carbonyl (C=O) groups is 1. The van der Waals surface area contributed by atoms with E-state index in [2.05, 4.69) is 42.8 Å². The fourth-order valence-corrected chi connectivity index (χ4v) is 3.33. The number of amides is 1. The maximum atomic E-state index is 13.1. The molecule has 0 fully saturated rings. The Morgan fingerprint density at radius 1 is 1.04 bits per heavy atom. The van der Waals surface area contributed by atoms with Crippen LogP contribution in [0.3, 0.4) is 0 Å². The molecule has 2 aromatic carbocycles. The lowest BCUT2D eigenvalue weighted by atomic mass is 10.1. The lowest BCUT2D eigenvalue weighted by Crippen LogP contribution is -2.18. The van der Waals surface area contributed by atoms with Crippen molar-refractivity contribution < 1.29 is 4.79 Å². The molecular formula is C22H26N2O. The molecule has 0 unspecified atom stereocenters. The van der Waals surface area contributed by atoms with E-state index in [1.54, 1.807) is 0 Å². The number of benzene rings is 2. The third kappa shape index (κ3) is 3.32. The molecule has 0 aliphatic heterocycles. The van der Waals surface area contributed by atoms with E-state index >= 15 is 0 Å². The van der Waals surface area contributed by atoms with E-state index < -0.39 is 0 Å². The Morgan fingerprint density at radius 3 is 2.52 bits per heavy atom. The second-order valence-electron chi connectivity index (χ2n) is 6.75. The van der Waals surface area contributed by atoms with Gasteiger partial charge in [0, 0.05) is 23.1 Å². The number of para-hydroxylation sites is 1. The fourth-order valence-electron chi connectivity index (χ4n) is 3.33. The molecule has 3 nitrogen and oxygen atoms in total. The first-order chi connectivity index (χ1) is 12.0. The molecule has 3 aromatic rings. The van der Waals surface area contributed by atoms with Crippen LogP contribution in [0.1, 0.15) is 46.9 Å². The Balaban J connectivity index is 2.02. The van der Waals surface area contributed by atoms with E-state index in [9.17, 15) is 4.79 Å². The molecule has 1 aromatic heterocycles. The first kappa shape index (κ1) is 17.3. The van der Waals surface area contributed by atoms with Gasteiger partial charge in [-0.1, -0.05) is 37.6 Å². The van der Waals surface area contributed by atoms with Crippen LogP contribution in [0.15, 0.2) is 42.5 Å². The summed E-state index contributed by atoms with van der Waals surface area (Å²) in [5.74, 6) is -0.0342. The molecule has 0 bridgehead atoms. The quantitative estimate of drug-likeness (QED) is 0.645. The van der Waals surface area contributed by atoms with Crippen molar-refractivity contribution in [2.45, 2.75) is 47.1 Å². The Morgan fingerprint density at radius 2 is 1.80 bits per heavy atom. The molecular weight excluding hydrogens is 308 g/mol. The van der Waals surface area contributed by atoms with Crippen LogP contribution in [0.2, 0.25) is 0 Å². The summed E-state index contributed by atoms with van der Waals surface area (Å²) in [4.78, 5) is 13.1. The van der Waals surface area contributed by atoms with Gasteiger partial charge in [-0.15, -0.1) is 0 Å². The van der Waals surface area contributed by atoms with Crippen LogP contribution in [-0.4, -0.2) is 10.5 Å². The molecule has 0 atom stereocenters. The highest BCUT2D eigenvalue weighted by molar-refractivity contribution is 6.08. The standard InChI is InChI=1S/C22H26N2O/c1-5-6-13-24-20-10-8-7-9-19(20)17(4)21(24)22(25)23-18-12-11-15(2)16(3)14-18/h7-12,14H,5-6,13H2,1-4H3,(H,23,25). The van der Waals surface area contributed by atoms with Crippen molar-refractivity contribution in [1.82, 2.24) is 4.57 Å². The maximum absolute atomic E-state index is 13.1. The highest BCUT2D eigenvalue weighted by Crippen LogP contribution is 2.27. The molecule has 0 aliphatic rings. The first-order valence-corrected chi connectivity index (χ1v) is 8.99. The number of unbranched alkanes of at least 4 members (excludes halogenated alkanes) is 1. The minimum atomic E-state index is -0.0342. The first-order valence-electron chi connectivity index (χ1n) is 8.99. The van der Waals surface area contributed by atoms with Gasteiger partial charge in [-0.05, 0) is 62.1 Å². The minimum Gasteiger partial charge on any atom is -0.336 e. The Labute approximate surface area is 149 Å². The van der Waals surface area contributed by atoms with Crippen molar-refractivity contribution in [3.63, 3.8) is 0 Å². The Kier molecular flexibility index (Phi) is 4.93. The zero-order valence-electron chi connectivity index (χ0n) is 15.5. The molecule has 0 radical (unpaired) electrons. The third-order valence-corrected chi connectivity index (χ3v) is 4.94. The topological polar surface area (TPSA) is 34.0 Å². The Hall–Kier alpha value is -2.55. The molecule has 1 amide bonds. The van der Waals surface area contributed by atoms with Crippen molar-refractivity contribution in [2.24, 2.45) is 0 Å². The maximum Gasteiger partial charge on any atom is 0.272 e. The number of hydrogen-bond donors (Lipinski definition) is 1. The van der Waals surface area contributed by atoms with Gasteiger partial charge in [0.05, 0.1) is 0 Å². The highest BCUT2D eigenvalue weighted by atomic mass is 16.2. The van der Waals surface area contributed by atoms with Gasteiger partial charge >= 0.3 is 0 Å². The molecule has 1 heterocycles. The highest BCUT2D eigenvalue weighted by Gasteiger charge is 2.20. The van der Waals surface area contributed by atoms with Crippen LogP contribution < -0.4 is 5.32 Å². The molecule has 0 spiro atoms. The number of nitrogens with zero attached hydrogens (tertiary/aromatic N) is 1. The van der Waals surface area contributed by atoms with Gasteiger partial charge in [0.1, 0.15) is 5.69 Å². The number of carbonyl (C=O) groups excluding carboxylic acids is 1. The molecule has 1 N–H and O–H groups in total. The summed E-state index contributed by atoms with van der Waals surface area (Å²) in [5.41, 5.74) is 6.21. The minimum absolute atomic E-state index is 0.0342. The SMILES string of the molecule is CCCCn1c(C(=O)Nc2ccc(C)c(C)c2)c(C)c2ccccc21. The summed E-state index contributed by atoms with van der Waals surface area (Å²) in [6.07, 6.45) is 2.16. The van der Waals surface area contributed by atoms with Gasteiger partial charge in [-0.2, -0.15) is 0 Å². The van der Waals surface area contributed by atoms with Crippen LogP contribution in [0, 0.1) is 20.8 Å². The van der Waals surface area contributed by atoms with Crippen molar-refractivity contribution in [2.75, 3.05) is 5.32 Å². The summed E-state index contributed by atoms with van der Waals surface area (Å²) >= 11 is 0. The van der Waals surface area contributed by atoms with Gasteiger partial charge < -0.3 is 9.88 Å². The average molecular weight is 334 g/mol. The fraction of sp³-hybridized carbons (Fsp3) is 0.318. The lowest BCUT2D eigenvalue weighted by molar-refractivity contribution is 0.101. The van der Waals surface area contributed by atoms with Gasteiger partial charge in [-0.25, -0.2) is 0 Å². The Bertz CT molecular complexity index is 921. The normalized spacial score (nSPS) is 11.0. The van der Waals surface area contributed by atoms with Crippen LogP contribution in [0.4, 0.5) is 5.69 Å². The smallest absolute Gasteiger partial charge is 0.272 e. The second-order valence-corrected chi connectivity index (χ2v) is 6.75. The molecule has 0 saturated heterocycles. The van der Waals surface area contributed by atoms with Gasteiger partial charge in [0.2, 0.25) is 0 Å². The summed E-state index contributed by atoms with van der Waals surface area (Å²) in [6.45, 7) is 9.22. The van der Waals surface area contributed by atoms with Crippen molar-refractivity contribution in [3.05, 3.63) is 64.8 Å². The predicted octanol–water partition coefficient (Wildman–Crippen LogP) is 5.62. The summed E-state index contributed by atoms with van der Waals surface area (Å²) in [5, 5.41) is 4.24. The average Bonchev–Trinajstić information content (AvgIpc) is 2.89. The van der Waals surface area contributed by atoms with E-state index in [0.717, 1.165) is 47.2 Å². The van der Waals surface area contributed by atoms with Gasteiger partial charge in [-0.3, -0.25) is 4.79 Å². The van der Waals surface area contributed by atoms with E-state index in [1.807, 2.05) is 37.3 Å². The lowest BCUT2D eigenvalue weighted by Gasteiger charge is -2.12. The van der Waals surface area contributed by atoms with E-state index in [0.29, 0.717) is 0 Å². The monoisotopic (exact) mass is 334 g/mol. The van der Waals surface area contributed by atoms with Crippen molar-refractivity contribution >= 4 is 22.5 Å². The van der Waals surface area contributed by atoms with E-state index in [4.69, 9.17) is 0 Å².